The highest BCUT2D eigenvalue weighted by Crippen LogP contribution is 2.34. The van der Waals surface area contributed by atoms with Gasteiger partial charge >= 0.3 is 0 Å². The molecule has 0 radical (unpaired) electrons. The summed E-state index contributed by atoms with van der Waals surface area (Å²) < 4.78 is 12.3. The highest BCUT2D eigenvalue weighted by Gasteiger charge is 2.20. The van der Waals surface area contributed by atoms with E-state index in [4.69, 9.17) is 9.47 Å². The second-order valence-electron chi connectivity index (χ2n) is 5.64. The first-order chi connectivity index (χ1) is 11.8. The minimum atomic E-state index is 0.139. The van der Waals surface area contributed by atoms with Crippen LogP contribution in [0.1, 0.15) is 19.3 Å². The topological polar surface area (TPSA) is 82.4 Å². The van der Waals surface area contributed by atoms with Crippen LogP contribution in [0.4, 0.5) is 0 Å². The lowest BCUT2D eigenvalue weighted by Crippen LogP contribution is -2.36. The van der Waals surface area contributed by atoms with Crippen molar-refractivity contribution in [2.45, 2.75) is 24.4 Å². The number of fused-ring (bicyclic) bond motifs is 1. The largest absolute Gasteiger partial charge is 0.454 e. The Hall–Kier alpha value is -2.29. The summed E-state index contributed by atoms with van der Waals surface area (Å²) >= 11 is 1.35. The van der Waals surface area contributed by atoms with Crippen LogP contribution < -0.4 is 9.47 Å². The molecule has 2 aromatic rings. The molecule has 3 heterocycles. The maximum atomic E-state index is 12.3. The molecule has 126 valence electrons. The number of thioether (sulfide) groups is 1. The number of carbonyl (C=O) groups excluding carboxylic acids is 1. The van der Waals surface area contributed by atoms with Crippen LogP contribution in [0.15, 0.2) is 23.4 Å². The van der Waals surface area contributed by atoms with Crippen LogP contribution in [0, 0.1) is 0 Å². The number of ether oxygens (including phenoxy) is 2. The molecule has 8 nitrogen and oxygen atoms in total. The quantitative estimate of drug-likeness (QED) is 0.775. The van der Waals surface area contributed by atoms with E-state index in [1.807, 2.05) is 23.1 Å². The highest BCUT2D eigenvalue weighted by molar-refractivity contribution is 7.99. The van der Waals surface area contributed by atoms with Gasteiger partial charge in [0.25, 0.3) is 0 Å². The van der Waals surface area contributed by atoms with Gasteiger partial charge in [-0.15, -0.1) is 5.10 Å². The third kappa shape index (κ3) is 3.03. The third-order valence-electron chi connectivity index (χ3n) is 4.08. The zero-order valence-electron chi connectivity index (χ0n) is 13.1. The Bertz CT molecular complexity index is 744. The van der Waals surface area contributed by atoms with Crippen LogP contribution in [0.3, 0.4) is 0 Å². The standard InChI is InChI=1S/C15H17N5O3S/c21-14(19-6-2-1-3-7-19)9-24-15-16-17-18-20(15)11-4-5-12-13(8-11)23-10-22-12/h4-5,8H,1-3,6-7,9-10H2. The molecule has 1 aromatic heterocycles. The molecule has 0 aliphatic carbocycles. The Morgan fingerprint density at radius 3 is 2.88 bits per heavy atom. The third-order valence-corrected chi connectivity index (χ3v) is 4.98. The molecular formula is C15H17N5O3S. The van der Waals surface area contributed by atoms with Crippen molar-refractivity contribution in [1.82, 2.24) is 25.1 Å². The predicted octanol–water partition coefficient (Wildman–Crippen LogP) is 1.50. The number of benzene rings is 1. The molecule has 1 fully saturated rings. The molecule has 1 saturated heterocycles. The molecule has 0 unspecified atom stereocenters. The molecule has 1 aromatic carbocycles. The van der Waals surface area contributed by atoms with E-state index >= 15 is 0 Å². The average Bonchev–Trinajstić information content (AvgIpc) is 3.28. The van der Waals surface area contributed by atoms with Gasteiger partial charge in [0, 0.05) is 19.2 Å². The van der Waals surface area contributed by atoms with Crippen LogP contribution in [-0.2, 0) is 4.79 Å². The fraction of sp³-hybridized carbons (Fsp3) is 0.467. The average molecular weight is 347 g/mol. The Kier molecular flexibility index (Phi) is 4.24. The molecule has 0 saturated carbocycles. The Morgan fingerprint density at radius 2 is 2.00 bits per heavy atom. The lowest BCUT2D eigenvalue weighted by atomic mass is 10.1. The number of likely N-dealkylation sites (tertiary alicyclic amines) is 1. The van der Waals surface area contributed by atoms with Gasteiger partial charge in [-0.1, -0.05) is 11.8 Å². The van der Waals surface area contributed by atoms with E-state index < -0.39 is 0 Å². The molecule has 9 heteroatoms. The summed E-state index contributed by atoms with van der Waals surface area (Å²) in [5.74, 6) is 1.86. The fourth-order valence-electron chi connectivity index (χ4n) is 2.81. The Labute approximate surface area is 143 Å². The highest BCUT2D eigenvalue weighted by atomic mass is 32.2. The number of aromatic nitrogens is 4. The van der Waals surface area contributed by atoms with Crippen molar-refractivity contribution < 1.29 is 14.3 Å². The Morgan fingerprint density at radius 1 is 1.17 bits per heavy atom. The van der Waals surface area contributed by atoms with E-state index in [1.54, 1.807) is 4.68 Å². The molecule has 2 aliphatic rings. The van der Waals surface area contributed by atoms with Crippen LogP contribution in [0.5, 0.6) is 11.5 Å². The van der Waals surface area contributed by atoms with E-state index in [0.29, 0.717) is 22.4 Å². The van der Waals surface area contributed by atoms with Crippen molar-refractivity contribution in [2.24, 2.45) is 0 Å². The van der Waals surface area contributed by atoms with Crippen LogP contribution >= 0.6 is 11.8 Å². The van der Waals surface area contributed by atoms with Crippen molar-refractivity contribution in [3.05, 3.63) is 18.2 Å². The smallest absolute Gasteiger partial charge is 0.233 e. The number of amides is 1. The molecule has 0 spiro atoms. The molecule has 0 N–H and O–H groups in total. The number of tetrazole rings is 1. The van der Waals surface area contributed by atoms with Crippen LogP contribution in [-0.4, -0.2) is 56.6 Å². The zero-order chi connectivity index (χ0) is 16.4. The van der Waals surface area contributed by atoms with Crippen molar-refractivity contribution >= 4 is 17.7 Å². The molecule has 1 amide bonds. The van der Waals surface area contributed by atoms with Gasteiger partial charge in [-0.3, -0.25) is 4.79 Å². The van der Waals surface area contributed by atoms with E-state index in [-0.39, 0.29) is 12.7 Å². The first-order valence-corrected chi connectivity index (χ1v) is 8.89. The van der Waals surface area contributed by atoms with E-state index in [9.17, 15) is 4.79 Å². The van der Waals surface area contributed by atoms with E-state index in [0.717, 1.165) is 31.6 Å². The van der Waals surface area contributed by atoms with Gasteiger partial charge in [0.05, 0.1) is 11.4 Å². The van der Waals surface area contributed by atoms with Gasteiger partial charge in [-0.2, -0.15) is 4.68 Å². The molecule has 0 atom stereocenters. The number of nitrogens with zero attached hydrogens (tertiary/aromatic N) is 5. The Balaban J connectivity index is 1.45. The van der Waals surface area contributed by atoms with Crippen molar-refractivity contribution in [3.8, 4) is 17.2 Å². The van der Waals surface area contributed by atoms with Gasteiger partial charge in [-0.25, -0.2) is 0 Å². The maximum Gasteiger partial charge on any atom is 0.233 e. The van der Waals surface area contributed by atoms with Crippen molar-refractivity contribution in [3.63, 3.8) is 0 Å². The lowest BCUT2D eigenvalue weighted by Gasteiger charge is -2.26. The number of hydrogen-bond donors (Lipinski definition) is 0. The molecule has 2 aliphatic heterocycles. The SMILES string of the molecule is O=C(CSc1nnnn1-c1ccc2c(c1)OCO2)N1CCCCC1. The lowest BCUT2D eigenvalue weighted by molar-refractivity contribution is -0.129. The monoisotopic (exact) mass is 347 g/mol. The second-order valence-corrected chi connectivity index (χ2v) is 6.58. The predicted molar refractivity (Wildman–Crippen MR) is 86.4 cm³/mol. The van der Waals surface area contributed by atoms with Gasteiger partial charge in [-0.05, 0) is 41.8 Å². The first-order valence-electron chi connectivity index (χ1n) is 7.90. The normalized spacial score (nSPS) is 16.4. The number of rotatable bonds is 4. The molecule has 24 heavy (non-hydrogen) atoms. The summed E-state index contributed by atoms with van der Waals surface area (Å²) in [5, 5.41) is 12.4. The molecule has 4 rings (SSSR count). The second kappa shape index (κ2) is 6.68. The van der Waals surface area contributed by atoms with Gasteiger partial charge in [0.1, 0.15) is 0 Å². The number of piperidine rings is 1. The molecular weight excluding hydrogens is 330 g/mol. The van der Waals surface area contributed by atoms with Crippen LogP contribution in [0.2, 0.25) is 0 Å². The van der Waals surface area contributed by atoms with Gasteiger partial charge in [0.15, 0.2) is 11.5 Å². The van der Waals surface area contributed by atoms with Gasteiger partial charge in [0.2, 0.25) is 17.9 Å². The van der Waals surface area contributed by atoms with Crippen LogP contribution in [0.25, 0.3) is 5.69 Å². The fourth-order valence-corrected chi connectivity index (χ4v) is 3.60. The summed E-state index contributed by atoms with van der Waals surface area (Å²) in [6, 6.07) is 5.52. The van der Waals surface area contributed by atoms with Crippen molar-refractivity contribution in [1.29, 1.82) is 0 Å². The summed E-state index contributed by atoms with van der Waals surface area (Å²) in [7, 11) is 0. The van der Waals surface area contributed by atoms with Crippen molar-refractivity contribution in [2.75, 3.05) is 25.6 Å². The zero-order valence-corrected chi connectivity index (χ0v) is 13.9. The number of hydrogen-bond acceptors (Lipinski definition) is 7. The van der Waals surface area contributed by atoms with E-state index in [2.05, 4.69) is 15.5 Å². The summed E-state index contributed by atoms with van der Waals surface area (Å²) in [6.45, 7) is 1.93. The minimum absolute atomic E-state index is 0.139. The summed E-state index contributed by atoms with van der Waals surface area (Å²) in [5.41, 5.74) is 0.775. The first kappa shape index (κ1) is 15.3. The minimum Gasteiger partial charge on any atom is -0.454 e. The number of carbonyl (C=O) groups is 1. The summed E-state index contributed by atoms with van der Waals surface area (Å²) in [4.78, 5) is 14.2. The molecule has 0 bridgehead atoms. The van der Waals surface area contributed by atoms with E-state index in [1.165, 1.54) is 18.2 Å². The maximum absolute atomic E-state index is 12.3. The summed E-state index contributed by atoms with van der Waals surface area (Å²) in [6.07, 6.45) is 3.38. The van der Waals surface area contributed by atoms with Gasteiger partial charge < -0.3 is 14.4 Å².